The molecule has 8 heteroatoms. The molecule has 0 aliphatic carbocycles. The molecule has 1 aromatic heterocycles. The van der Waals surface area contributed by atoms with E-state index in [1.54, 1.807) is 5.32 Å². The van der Waals surface area contributed by atoms with Crippen LogP contribution in [0.1, 0.15) is 5.69 Å². The van der Waals surface area contributed by atoms with Crippen LogP contribution in [0.5, 0.6) is 0 Å². The number of hydrogen-bond acceptors (Lipinski definition) is 2. The molecule has 0 spiro atoms. The third-order valence-electron chi connectivity index (χ3n) is 1.35. The number of H-pyrrole nitrogens is 2. The van der Waals surface area contributed by atoms with E-state index in [2.05, 4.69) is 10.2 Å². The molecule has 1 heterocycles. The summed E-state index contributed by atoms with van der Waals surface area (Å²) in [5, 5.41) is 6.01. The summed E-state index contributed by atoms with van der Waals surface area (Å²) in [6, 6.07) is 1.05. The van der Waals surface area contributed by atoms with Crippen LogP contribution in [0, 0.1) is 0 Å². The van der Waals surface area contributed by atoms with Crippen molar-refractivity contribution in [3.63, 3.8) is 0 Å². The standard InChI is InChI=1S/C6H6F3N3O2/c7-6(8,9)5(14)10-2-3-1-4(13)12-11-3/h1H,2H2,(H,10,14)(H2,11,12,13). The summed E-state index contributed by atoms with van der Waals surface area (Å²) in [6.45, 7) is -0.378. The van der Waals surface area contributed by atoms with E-state index in [0.29, 0.717) is 0 Å². The molecule has 1 amide bonds. The van der Waals surface area contributed by atoms with E-state index in [-0.39, 0.29) is 12.2 Å². The first kappa shape index (κ1) is 10.4. The molecule has 0 saturated heterocycles. The summed E-state index contributed by atoms with van der Waals surface area (Å²) >= 11 is 0. The molecule has 0 aliphatic rings. The molecule has 1 rings (SSSR count). The van der Waals surface area contributed by atoms with Gasteiger partial charge in [0.05, 0.1) is 12.2 Å². The Labute approximate surface area is 75.3 Å². The summed E-state index contributed by atoms with van der Waals surface area (Å²) < 4.78 is 35.0. The first-order chi connectivity index (χ1) is 6.39. The third-order valence-corrected chi connectivity index (χ3v) is 1.35. The normalized spacial score (nSPS) is 11.4. The third kappa shape index (κ3) is 2.64. The van der Waals surface area contributed by atoms with Crippen molar-refractivity contribution in [3.05, 3.63) is 22.1 Å². The van der Waals surface area contributed by atoms with Crippen LogP contribution in [0.2, 0.25) is 0 Å². The maximum absolute atomic E-state index is 11.7. The monoisotopic (exact) mass is 209 g/mol. The lowest BCUT2D eigenvalue weighted by atomic mass is 10.4. The molecule has 0 radical (unpaired) electrons. The fraction of sp³-hybridized carbons (Fsp3) is 0.333. The molecule has 0 atom stereocenters. The van der Waals surface area contributed by atoms with Gasteiger partial charge in [-0.25, -0.2) is 0 Å². The molecule has 0 saturated carbocycles. The Hall–Kier alpha value is -1.73. The second kappa shape index (κ2) is 3.56. The smallest absolute Gasteiger partial charge is 0.343 e. The van der Waals surface area contributed by atoms with Crippen LogP contribution in [0.4, 0.5) is 13.2 Å². The zero-order chi connectivity index (χ0) is 10.8. The molecule has 0 fully saturated rings. The molecule has 3 N–H and O–H groups in total. The lowest BCUT2D eigenvalue weighted by Gasteiger charge is -2.05. The zero-order valence-electron chi connectivity index (χ0n) is 6.73. The van der Waals surface area contributed by atoms with E-state index in [0.717, 1.165) is 6.07 Å². The van der Waals surface area contributed by atoms with Crippen LogP contribution >= 0.6 is 0 Å². The minimum Gasteiger partial charge on any atom is -0.343 e. The van der Waals surface area contributed by atoms with Gasteiger partial charge in [0, 0.05) is 6.07 Å². The van der Waals surface area contributed by atoms with Gasteiger partial charge in [-0.2, -0.15) is 13.2 Å². The topological polar surface area (TPSA) is 77.8 Å². The van der Waals surface area contributed by atoms with E-state index >= 15 is 0 Å². The number of amides is 1. The maximum atomic E-state index is 11.7. The predicted molar refractivity (Wildman–Crippen MR) is 39.3 cm³/mol. The second-order valence-electron chi connectivity index (χ2n) is 2.46. The number of aromatic nitrogens is 2. The fourth-order valence-electron chi connectivity index (χ4n) is 0.743. The number of alkyl halides is 3. The van der Waals surface area contributed by atoms with Crippen LogP contribution in [0.25, 0.3) is 0 Å². The van der Waals surface area contributed by atoms with Crippen LogP contribution in [0.3, 0.4) is 0 Å². The highest BCUT2D eigenvalue weighted by Crippen LogP contribution is 2.14. The Kier molecular flexibility index (Phi) is 2.63. The van der Waals surface area contributed by atoms with Crippen molar-refractivity contribution in [3.8, 4) is 0 Å². The number of hydrogen-bond donors (Lipinski definition) is 3. The summed E-state index contributed by atoms with van der Waals surface area (Å²) in [4.78, 5) is 20.8. The van der Waals surface area contributed by atoms with Crippen molar-refractivity contribution >= 4 is 5.91 Å². The van der Waals surface area contributed by atoms with Crippen LogP contribution in [-0.4, -0.2) is 22.3 Å². The Morgan fingerprint density at radius 1 is 1.43 bits per heavy atom. The molecule has 78 valence electrons. The molecule has 0 aliphatic heterocycles. The fourth-order valence-corrected chi connectivity index (χ4v) is 0.743. The van der Waals surface area contributed by atoms with Gasteiger partial charge in [0.25, 0.3) is 5.56 Å². The van der Waals surface area contributed by atoms with E-state index in [9.17, 15) is 22.8 Å². The van der Waals surface area contributed by atoms with Crippen molar-refractivity contribution in [2.75, 3.05) is 0 Å². The summed E-state index contributed by atoms with van der Waals surface area (Å²) in [5.41, 5.74) is -0.297. The zero-order valence-corrected chi connectivity index (χ0v) is 6.73. The quantitative estimate of drug-likeness (QED) is 0.635. The van der Waals surface area contributed by atoms with Crippen LogP contribution < -0.4 is 10.9 Å². The molecule has 0 bridgehead atoms. The highest BCUT2D eigenvalue weighted by Gasteiger charge is 2.38. The predicted octanol–water partition coefficient (Wildman–Crippen LogP) is -0.119. The van der Waals surface area contributed by atoms with E-state index in [1.807, 2.05) is 0 Å². The van der Waals surface area contributed by atoms with Gasteiger partial charge in [0.15, 0.2) is 0 Å². The summed E-state index contributed by atoms with van der Waals surface area (Å²) in [7, 11) is 0. The number of aromatic amines is 2. The first-order valence-electron chi connectivity index (χ1n) is 3.51. The lowest BCUT2D eigenvalue weighted by molar-refractivity contribution is -0.173. The number of halogens is 3. The van der Waals surface area contributed by atoms with Crippen molar-refractivity contribution in [1.82, 2.24) is 15.5 Å². The van der Waals surface area contributed by atoms with Gasteiger partial charge in [-0.3, -0.25) is 14.7 Å². The van der Waals surface area contributed by atoms with Crippen molar-refractivity contribution < 1.29 is 18.0 Å². The summed E-state index contributed by atoms with van der Waals surface area (Å²) in [5.74, 6) is -2.04. The SMILES string of the molecule is O=C(NCc1cc(=O)[nH][nH]1)C(F)(F)F. The van der Waals surface area contributed by atoms with Crippen LogP contribution in [-0.2, 0) is 11.3 Å². The Morgan fingerprint density at radius 3 is 2.50 bits per heavy atom. The van der Waals surface area contributed by atoms with E-state index in [4.69, 9.17) is 0 Å². The van der Waals surface area contributed by atoms with Crippen molar-refractivity contribution in [1.29, 1.82) is 0 Å². The second-order valence-corrected chi connectivity index (χ2v) is 2.46. The van der Waals surface area contributed by atoms with Gasteiger partial charge < -0.3 is 10.4 Å². The minimum atomic E-state index is -4.91. The van der Waals surface area contributed by atoms with E-state index in [1.165, 1.54) is 0 Å². The highest BCUT2D eigenvalue weighted by atomic mass is 19.4. The van der Waals surface area contributed by atoms with Crippen LogP contribution in [0.15, 0.2) is 10.9 Å². The van der Waals surface area contributed by atoms with Gasteiger partial charge in [0.1, 0.15) is 0 Å². The number of carbonyl (C=O) groups is 1. The Balaban J connectivity index is 2.50. The molecular weight excluding hydrogens is 203 g/mol. The van der Waals surface area contributed by atoms with Gasteiger partial charge >= 0.3 is 12.1 Å². The lowest BCUT2D eigenvalue weighted by Crippen LogP contribution is -2.36. The molecule has 0 aromatic carbocycles. The van der Waals surface area contributed by atoms with Crippen molar-refractivity contribution in [2.24, 2.45) is 0 Å². The average molecular weight is 209 g/mol. The maximum Gasteiger partial charge on any atom is 0.471 e. The van der Waals surface area contributed by atoms with Crippen molar-refractivity contribution in [2.45, 2.75) is 12.7 Å². The first-order valence-corrected chi connectivity index (χ1v) is 3.51. The van der Waals surface area contributed by atoms with Gasteiger partial charge in [-0.1, -0.05) is 0 Å². The number of carbonyl (C=O) groups excluding carboxylic acids is 1. The molecular formula is C6H6F3N3O2. The van der Waals surface area contributed by atoms with Gasteiger partial charge in [-0.15, -0.1) is 0 Å². The Bertz CT molecular complexity index is 378. The largest absolute Gasteiger partial charge is 0.471 e. The number of nitrogens with one attached hydrogen (secondary N) is 3. The van der Waals surface area contributed by atoms with Gasteiger partial charge in [0.2, 0.25) is 0 Å². The average Bonchev–Trinajstić information content (AvgIpc) is 2.45. The van der Waals surface area contributed by atoms with Gasteiger partial charge in [-0.05, 0) is 0 Å². The van der Waals surface area contributed by atoms with E-state index < -0.39 is 17.6 Å². The molecule has 5 nitrogen and oxygen atoms in total. The number of rotatable bonds is 2. The molecule has 0 unspecified atom stereocenters. The summed E-state index contributed by atoms with van der Waals surface area (Å²) in [6.07, 6.45) is -4.91. The molecule has 14 heavy (non-hydrogen) atoms. The molecule has 1 aromatic rings. The minimum absolute atomic E-state index is 0.174. The Morgan fingerprint density at radius 2 is 2.07 bits per heavy atom. The highest BCUT2D eigenvalue weighted by molar-refractivity contribution is 5.81.